The lowest BCUT2D eigenvalue weighted by molar-refractivity contribution is 0.0955. The number of benzene rings is 1. The van der Waals surface area contributed by atoms with Crippen LogP contribution in [0.4, 0.5) is 5.69 Å². The van der Waals surface area contributed by atoms with Crippen molar-refractivity contribution in [1.29, 1.82) is 0 Å². The lowest BCUT2D eigenvalue weighted by Crippen LogP contribution is -2.26. The molecule has 0 atom stereocenters. The SMILES string of the molecule is C=C(C)CNC(=O)c1c(N)cccc1OC. The molecule has 0 fully saturated rings. The Balaban J connectivity index is 2.93. The van der Waals surface area contributed by atoms with Gasteiger partial charge in [0.15, 0.2) is 0 Å². The van der Waals surface area contributed by atoms with Crippen molar-refractivity contribution in [3.8, 4) is 5.75 Å². The largest absolute Gasteiger partial charge is 0.496 e. The Kier molecular flexibility index (Phi) is 3.94. The number of hydrogen-bond donors (Lipinski definition) is 2. The molecule has 4 heteroatoms. The summed E-state index contributed by atoms with van der Waals surface area (Å²) in [5, 5.41) is 2.72. The summed E-state index contributed by atoms with van der Waals surface area (Å²) in [7, 11) is 1.50. The first-order valence-electron chi connectivity index (χ1n) is 4.91. The van der Waals surface area contributed by atoms with Crippen LogP contribution in [0.15, 0.2) is 30.4 Å². The predicted molar refractivity (Wildman–Crippen MR) is 64.6 cm³/mol. The molecule has 0 bridgehead atoms. The van der Waals surface area contributed by atoms with Gasteiger partial charge in [-0.25, -0.2) is 0 Å². The second-order valence-corrected chi connectivity index (χ2v) is 3.56. The number of nitrogens with two attached hydrogens (primary N) is 1. The molecule has 1 aromatic carbocycles. The average Bonchev–Trinajstić information content (AvgIpc) is 2.25. The van der Waals surface area contributed by atoms with Crippen LogP contribution in [0.1, 0.15) is 17.3 Å². The van der Waals surface area contributed by atoms with Crippen molar-refractivity contribution < 1.29 is 9.53 Å². The van der Waals surface area contributed by atoms with Crippen LogP contribution in [-0.4, -0.2) is 19.6 Å². The molecule has 1 amide bonds. The first-order valence-corrected chi connectivity index (χ1v) is 4.91. The number of carbonyl (C=O) groups excluding carboxylic acids is 1. The summed E-state index contributed by atoms with van der Waals surface area (Å²) in [4.78, 5) is 11.8. The molecule has 1 rings (SSSR count). The zero-order valence-electron chi connectivity index (χ0n) is 9.54. The highest BCUT2D eigenvalue weighted by atomic mass is 16.5. The van der Waals surface area contributed by atoms with Gasteiger partial charge in [-0.2, -0.15) is 0 Å². The molecule has 0 spiro atoms. The summed E-state index contributed by atoms with van der Waals surface area (Å²) in [5.74, 6) is 0.220. The normalized spacial score (nSPS) is 9.62. The van der Waals surface area contributed by atoms with E-state index in [0.29, 0.717) is 23.5 Å². The molecule has 0 saturated heterocycles. The van der Waals surface area contributed by atoms with Gasteiger partial charge in [0, 0.05) is 12.2 Å². The number of carbonyl (C=O) groups is 1. The molecule has 0 aliphatic carbocycles. The quantitative estimate of drug-likeness (QED) is 0.598. The third-order valence-electron chi connectivity index (χ3n) is 2.06. The van der Waals surface area contributed by atoms with Crippen molar-refractivity contribution in [2.24, 2.45) is 0 Å². The first kappa shape index (κ1) is 12.1. The van der Waals surface area contributed by atoms with Gasteiger partial charge < -0.3 is 15.8 Å². The highest BCUT2D eigenvalue weighted by molar-refractivity contribution is 6.01. The fourth-order valence-corrected chi connectivity index (χ4v) is 1.28. The molecule has 3 N–H and O–H groups in total. The van der Waals surface area contributed by atoms with Gasteiger partial charge in [-0.15, -0.1) is 0 Å². The zero-order chi connectivity index (χ0) is 12.1. The van der Waals surface area contributed by atoms with Crippen molar-refractivity contribution >= 4 is 11.6 Å². The molecule has 16 heavy (non-hydrogen) atoms. The monoisotopic (exact) mass is 220 g/mol. The van der Waals surface area contributed by atoms with Crippen LogP contribution in [0.5, 0.6) is 5.75 Å². The summed E-state index contributed by atoms with van der Waals surface area (Å²) in [6, 6.07) is 5.11. The maximum absolute atomic E-state index is 11.8. The molecule has 0 aliphatic rings. The van der Waals surface area contributed by atoms with E-state index >= 15 is 0 Å². The molecule has 86 valence electrons. The van der Waals surface area contributed by atoms with Gasteiger partial charge >= 0.3 is 0 Å². The van der Waals surface area contributed by atoms with Crippen molar-refractivity contribution in [1.82, 2.24) is 5.32 Å². The summed E-state index contributed by atoms with van der Waals surface area (Å²) in [6.45, 7) is 5.97. The molecule has 0 aromatic heterocycles. The Morgan fingerprint density at radius 3 is 2.81 bits per heavy atom. The summed E-state index contributed by atoms with van der Waals surface area (Å²) < 4.78 is 5.09. The number of nitrogens with one attached hydrogen (secondary N) is 1. The maximum atomic E-state index is 11.8. The van der Waals surface area contributed by atoms with Gasteiger partial charge in [0.25, 0.3) is 5.91 Å². The smallest absolute Gasteiger partial charge is 0.257 e. The Hall–Kier alpha value is -1.97. The topological polar surface area (TPSA) is 64.4 Å². The van der Waals surface area contributed by atoms with Crippen LogP contribution in [0.3, 0.4) is 0 Å². The predicted octanol–water partition coefficient (Wildman–Crippen LogP) is 1.58. The second-order valence-electron chi connectivity index (χ2n) is 3.56. The average molecular weight is 220 g/mol. The zero-order valence-corrected chi connectivity index (χ0v) is 9.54. The van der Waals surface area contributed by atoms with Crippen molar-refractivity contribution in [2.45, 2.75) is 6.92 Å². The van der Waals surface area contributed by atoms with Crippen LogP contribution in [0.2, 0.25) is 0 Å². The summed E-state index contributed by atoms with van der Waals surface area (Å²) >= 11 is 0. The third-order valence-corrected chi connectivity index (χ3v) is 2.06. The Labute approximate surface area is 95.1 Å². The van der Waals surface area contributed by atoms with Crippen LogP contribution in [-0.2, 0) is 0 Å². The van der Waals surface area contributed by atoms with E-state index < -0.39 is 0 Å². The molecule has 0 unspecified atom stereocenters. The molecule has 0 aliphatic heterocycles. The van der Waals surface area contributed by atoms with Gasteiger partial charge in [-0.3, -0.25) is 4.79 Å². The van der Waals surface area contributed by atoms with Gasteiger partial charge in [0.05, 0.1) is 7.11 Å². The van der Waals surface area contributed by atoms with Crippen molar-refractivity contribution in [2.75, 3.05) is 19.4 Å². The molecular formula is C12H16N2O2. The van der Waals surface area contributed by atoms with Gasteiger partial charge in [0.2, 0.25) is 0 Å². The lowest BCUT2D eigenvalue weighted by atomic mass is 10.1. The number of methoxy groups -OCH3 is 1. The van der Waals surface area contributed by atoms with E-state index in [-0.39, 0.29) is 5.91 Å². The Morgan fingerprint density at radius 2 is 2.25 bits per heavy atom. The fraction of sp³-hybridized carbons (Fsp3) is 0.250. The third kappa shape index (κ3) is 2.76. The van der Waals surface area contributed by atoms with Crippen molar-refractivity contribution in [3.05, 3.63) is 35.9 Å². The maximum Gasteiger partial charge on any atom is 0.257 e. The van der Waals surface area contributed by atoms with E-state index in [1.54, 1.807) is 18.2 Å². The van der Waals surface area contributed by atoms with Crippen LogP contribution in [0.25, 0.3) is 0 Å². The number of hydrogen-bond acceptors (Lipinski definition) is 3. The number of ether oxygens (including phenoxy) is 1. The lowest BCUT2D eigenvalue weighted by Gasteiger charge is -2.11. The highest BCUT2D eigenvalue weighted by Crippen LogP contribution is 2.23. The van der Waals surface area contributed by atoms with E-state index in [9.17, 15) is 4.79 Å². The van der Waals surface area contributed by atoms with E-state index in [2.05, 4.69) is 11.9 Å². The van der Waals surface area contributed by atoms with Gasteiger partial charge in [0.1, 0.15) is 11.3 Å². The fourth-order valence-electron chi connectivity index (χ4n) is 1.28. The minimum Gasteiger partial charge on any atom is -0.496 e. The highest BCUT2D eigenvalue weighted by Gasteiger charge is 2.14. The number of nitrogen functional groups attached to an aromatic ring is 1. The minimum absolute atomic E-state index is 0.252. The standard InChI is InChI=1S/C12H16N2O2/c1-8(2)7-14-12(15)11-9(13)5-4-6-10(11)16-3/h4-6H,1,7,13H2,2-3H3,(H,14,15). The van der Waals surface area contributed by atoms with Crippen LogP contribution < -0.4 is 15.8 Å². The van der Waals surface area contributed by atoms with E-state index in [1.165, 1.54) is 7.11 Å². The molecule has 1 aromatic rings. The second kappa shape index (κ2) is 5.21. The number of anilines is 1. The molecule has 0 saturated carbocycles. The minimum atomic E-state index is -0.252. The number of rotatable bonds is 4. The molecule has 0 heterocycles. The van der Waals surface area contributed by atoms with Crippen LogP contribution in [0, 0.1) is 0 Å². The first-order chi connectivity index (χ1) is 7.56. The summed E-state index contributed by atoms with van der Waals surface area (Å²) in [5.41, 5.74) is 7.39. The van der Waals surface area contributed by atoms with Gasteiger partial charge in [-0.1, -0.05) is 18.2 Å². The van der Waals surface area contributed by atoms with Crippen LogP contribution >= 0.6 is 0 Å². The number of amides is 1. The molecule has 4 nitrogen and oxygen atoms in total. The van der Waals surface area contributed by atoms with E-state index in [1.807, 2.05) is 6.92 Å². The Morgan fingerprint density at radius 1 is 1.56 bits per heavy atom. The molecular weight excluding hydrogens is 204 g/mol. The van der Waals surface area contributed by atoms with Crippen molar-refractivity contribution in [3.63, 3.8) is 0 Å². The Bertz CT molecular complexity index is 413. The van der Waals surface area contributed by atoms with E-state index in [0.717, 1.165) is 5.57 Å². The summed E-state index contributed by atoms with van der Waals surface area (Å²) in [6.07, 6.45) is 0. The van der Waals surface area contributed by atoms with E-state index in [4.69, 9.17) is 10.5 Å². The molecule has 0 radical (unpaired) electrons. The van der Waals surface area contributed by atoms with Gasteiger partial charge in [-0.05, 0) is 19.1 Å².